The van der Waals surface area contributed by atoms with E-state index in [4.69, 9.17) is 14.6 Å². The second-order valence-corrected chi connectivity index (χ2v) is 7.02. The molecule has 2 rings (SSSR count). The van der Waals surface area contributed by atoms with Gasteiger partial charge in [0.05, 0.1) is 13.7 Å². The number of sulfonamides is 1. The van der Waals surface area contributed by atoms with E-state index in [1.165, 1.54) is 13.2 Å². The molecule has 0 atom stereocenters. The summed E-state index contributed by atoms with van der Waals surface area (Å²) in [5, 5.41) is 5.23. The first-order valence-corrected chi connectivity index (χ1v) is 9.32. The van der Waals surface area contributed by atoms with E-state index in [2.05, 4.69) is 4.99 Å². The van der Waals surface area contributed by atoms with Gasteiger partial charge in [0.15, 0.2) is 0 Å². The molecule has 0 radical (unpaired) electrons. The van der Waals surface area contributed by atoms with Crippen molar-refractivity contribution >= 4 is 15.7 Å². The van der Waals surface area contributed by atoms with E-state index in [-0.39, 0.29) is 10.6 Å². The normalized spacial score (nSPS) is 12.0. The Kier molecular flexibility index (Phi) is 6.55. The van der Waals surface area contributed by atoms with Crippen LogP contribution in [-0.2, 0) is 16.4 Å². The monoisotopic (exact) mass is 362 g/mol. The van der Waals surface area contributed by atoms with Gasteiger partial charge in [-0.2, -0.15) is 0 Å². The molecule has 0 aliphatic carbocycles. The van der Waals surface area contributed by atoms with E-state index in [0.29, 0.717) is 19.6 Å². The van der Waals surface area contributed by atoms with Crippen LogP contribution in [0.4, 0.5) is 0 Å². The van der Waals surface area contributed by atoms with Crippen LogP contribution in [0.15, 0.2) is 58.4 Å². The van der Waals surface area contributed by atoms with E-state index in [1.807, 2.05) is 37.3 Å². The molecule has 0 heterocycles. The largest absolute Gasteiger partial charge is 0.495 e. The number of nitrogens with zero attached hydrogens (tertiary/aromatic N) is 1. The number of para-hydroxylation sites is 1. The van der Waals surface area contributed by atoms with Crippen molar-refractivity contribution in [2.45, 2.75) is 18.2 Å². The predicted octanol–water partition coefficient (Wildman–Crippen LogP) is 2.43. The molecule has 0 aromatic heterocycles. The van der Waals surface area contributed by atoms with Crippen molar-refractivity contribution in [3.8, 4) is 11.5 Å². The average molecular weight is 362 g/mol. The van der Waals surface area contributed by atoms with Gasteiger partial charge in [0, 0.05) is 12.1 Å². The SMILES string of the molecule is COc1ccc(C/C(C)=N/CCOc2ccccc2)cc1S(N)(=O)=O. The highest BCUT2D eigenvalue weighted by atomic mass is 32.2. The molecule has 2 aromatic carbocycles. The summed E-state index contributed by atoms with van der Waals surface area (Å²) in [6, 6.07) is 14.5. The third-order valence-corrected chi connectivity index (χ3v) is 4.41. The van der Waals surface area contributed by atoms with Crippen LogP contribution >= 0.6 is 0 Å². The maximum atomic E-state index is 11.6. The number of hydrogen-bond acceptors (Lipinski definition) is 5. The number of hydrogen-bond donors (Lipinski definition) is 1. The van der Waals surface area contributed by atoms with E-state index < -0.39 is 10.0 Å². The highest BCUT2D eigenvalue weighted by Crippen LogP contribution is 2.24. The lowest BCUT2D eigenvalue weighted by Gasteiger charge is -2.09. The summed E-state index contributed by atoms with van der Waals surface area (Å²) in [4.78, 5) is 4.43. The Morgan fingerprint density at radius 3 is 2.52 bits per heavy atom. The predicted molar refractivity (Wildman–Crippen MR) is 98.0 cm³/mol. The Bertz CT molecular complexity index is 833. The molecule has 0 unspecified atom stereocenters. The molecule has 134 valence electrons. The summed E-state index contributed by atoms with van der Waals surface area (Å²) in [5.74, 6) is 1.04. The van der Waals surface area contributed by atoms with Crippen molar-refractivity contribution in [3.05, 3.63) is 54.1 Å². The molecular weight excluding hydrogens is 340 g/mol. The molecule has 6 nitrogen and oxygen atoms in total. The van der Waals surface area contributed by atoms with Gasteiger partial charge in [0.2, 0.25) is 10.0 Å². The first-order valence-electron chi connectivity index (χ1n) is 7.77. The van der Waals surface area contributed by atoms with Crippen molar-refractivity contribution in [2.24, 2.45) is 10.1 Å². The molecule has 2 N–H and O–H groups in total. The summed E-state index contributed by atoms with van der Waals surface area (Å²) >= 11 is 0. The quantitative estimate of drug-likeness (QED) is 0.577. The summed E-state index contributed by atoms with van der Waals surface area (Å²) < 4.78 is 33.9. The van der Waals surface area contributed by atoms with Crippen molar-refractivity contribution in [2.75, 3.05) is 20.3 Å². The molecule has 25 heavy (non-hydrogen) atoms. The Balaban J connectivity index is 1.96. The van der Waals surface area contributed by atoms with Gasteiger partial charge in [0.25, 0.3) is 0 Å². The second kappa shape index (κ2) is 8.64. The topological polar surface area (TPSA) is 91.0 Å². The molecule has 0 aliphatic rings. The fourth-order valence-electron chi connectivity index (χ4n) is 2.32. The van der Waals surface area contributed by atoms with Gasteiger partial charge in [-0.25, -0.2) is 13.6 Å². The third-order valence-electron chi connectivity index (χ3n) is 3.48. The first-order chi connectivity index (χ1) is 11.9. The van der Waals surface area contributed by atoms with Crippen LogP contribution in [0.5, 0.6) is 11.5 Å². The summed E-state index contributed by atoms with van der Waals surface area (Å²) in [5.41, 5.74) is 1.68. The Labute approximate surface area is 148 Å². The lowest BCUT2D eigenvalue weighted by molar-refractivity contribution is 0.328. The van der Waals surface area contributed by atoms with Crippen LogP contribution in [0.1, 0.15) is 12.5 Å². The molecule has 0 bridgehead atoms. The molecule has 0 aliphatic heterocycles. The van der Waals surface area contributed by atoms with Crippen molar-refractivity contribution in [3.63, 3.8) is 0 Å². The number of nitrogens with two attached hydrogens (primary N) is 1. The fourth-order valence-corrected chi connectivity index (χ4v) is 3.07. The van der Waals surface area contributed by atoms with E-state index in [9.17, 15) is 8.42 Å². The number of methoxy groups -OCH3 is 1. The van der Waals surface area contributed by atoms with E-state index in [1.54, 1.807) is 12.1 Å². The van der Waals surface area contributed by atoms with Crippen LogP contribution in [-0.4, -0.2) is 34.4 Å². The number of ether oxygens (including phenoxy) is 2. The minimum absolute atomic E-state index is 0.0206. The van der Waals surface area contributed by atoms with Crippen molar-refractivity contribution in [1.29, 1.82) is 0 Å². The van der Waals surface area contributed by atoms with E-state index >= 15 is 0 Å². The van der Waals surface area contributed by atoms with Crippen LogP contribution in [0.3, 0.4) is 0 Å². The van der Waals surface area contributed by atoms with Gasteiger partial charge in [-0.1, -0.05) is 24.3 Å². The zero-order chi connectivity index (χ0) is 18.3. The highest BCUT2D eigenvalue weighted by molar-refractivity contribution is 7.89. The Morgan fingerprint density at radius 2 is 1.88 bits per heavy atom. The maximum Gasteiger partial charge on any atom is 0.241 e. The van der Waals surface area contributed by atoms with Gasteiger partial charge in [-0.05, 0) is 36.8 Å². The van der Waals surface area contributed by atoms with E-state index in [0.717, 1.165) is 17.0 Å². The number of rotatable bonds is 8. The number of aliphatic imine (C=N–C) groups is 1. The molecule has 2 aromatic rings. The zero-order valence-electron chi connectivity index (χ0n) is 14.3. The van der Waals surface area contributed by atoms with Gasteiger partial charge < -0.3 is 9.47 Å². The smallest absolute Gasteiger partial charge is 0.241 e. The summed E-state index contributed by atoms with van der Waals surface area (Å²) in [6.07, 6.45) is 0.526. The molecule has 0 saturated heterocycles. The van der Waals surface area contributed by atoms with Crippen LogP contribution in [0, 0.1) is 0 Å². The fraction of sp³-hybridized carbons (Fsp3) is 0.278. The molecule has 7 heteroatoms. The average Bonchev–Trinajstić information content (AvgIpc) is 2.59. The van der Waals surface area contributed by atoms with Crippen LogP contribution < -0.4 is 14.6 Å². The standard InChI is InChI=1S/C18H22N2O4S/c1-14(20-10-11-24-16-6-4-3-5-7-16)12-15-8-9-17(23-2)18(13-15)25(19,21)22/h3-9,13H,10-12H2,1-2H3,(H2,19,21,22)/b20-14+. The lowest BCUT2D eigenvalue weighted by Crippen LogP contribution is -2.14. The minimum atomic E-state index is -3.84. The number of benzene rings is 2. The number of primary sulfonamides is 1. The van der Waals surface area contributed by atoms with Crippen LogP contribution in [0.25, 0.3) is 0 Å². The van der Waals surface area contributed by atoms with Gasteiger partial charge in [0.1, 0.15) is 23.0 Å². The van der Waals surface area contributed by atoms with Gasteiger partial charge >= 0.3 is 0 Å². The molecule has 0 spiro atoms. The molecule has 0 saturated carbocycles. The third kappa shape index (κ3) is 5.88. The first kappa shape index (κ1) is 19.0. The lowest BCUT2D eigenvalue weighted by atomic mass is 10.1. The molecule has 0 fully saturated rings. The Morgan fingerprint density at radius 1 is 1.16 bits per heavy atom. The van der Waals surface area contributed by atoms with Gasteiger partial charge in [-0.3, -0.25) is 4.99 Å². The highest BCUT2D eigenvalue weighted by Gasteiger charge is 2.15. The minimum Gasteiger partial charge on any atom is -0.495 e. The van der Waals surface area contributed by atoms with Crippen LogP contribution in [0.2, 0.25) is 0 Å². The maximum absolute atomic E-state index is 11.6. The molecule has 0 amide bonds. The van der Waals surface area contributed by atoms with Crippen molar-refractivity contribution < 1.29 is 17.9 Å². The molecular formula is C18H22N2O4S. The summed E-state index contributed by atoms with van der Waals surface area (Å²) in [6.45, 7) is 2.90. The Hall–Kier alpha value is -2.38. The second-order valence-electron chi connectivity index (χ2n) is 5.49. The van der Waals surface area contributed by atoms with Gasteiger partial charge in [-0.15, -0.1) is 0 Å². The zero-order valence-corrected chi connectivity index (χ0v) is 15.1. The summed E-state index contributed by atoms with van der Waals surface area (Å²) in [7, 11) is -2.43. The van der Waals surface area contributed by atoms with Crippen molar-refractivity contribution in [1.82, 2.24) is 0 Å².